The van der Waals surface area contributed by atoms with Crippen LogP contribution < -0.4 is 5.32 Å². The van der Waals surface area contributed by atoms with Gasteiger partial charge in [0.15, 0.2) is 0 Å². The third kappa shape index (κ3) is 1.84. The molecule has 0 radical (unpaired) electrons. The minimum Gasteiger partial charge on any atom is -0.314 e. The first-order chi connectivity index (χ1) is 4.34. The van der Waals surface area contributed by atoms with Crippen LogP contribution in [0, 0.1) is 5.92 Å². The minimum absolute atomic E-state index is 0.647. The van der Waals surface area contributed by atoms with Gasteiger partial charge in [-0.15, -0.1) is 11.6 Å². The molecule has 1 saturated heterocycles. The van der Waals surface area contributed by atoms with Gasteiger partial charge in [-0.1, -0.05) is 6.92 Å². The first-order valence-corrected chi connectivity index (χ1v) is 4.17. The Balaban J connectivity index is 2.24. The lowest BCUT2D eigenvalue weighted by Gasteiger charge is -2.15. The van der Waals surface area contributed by atoms with E-state index in [0.717, 1.165) is 5.88 Å². The summed E-state index contributed by atoms with van der Waals surface area (Å²) in [5.74, 6) is 1.44. The van der Waals surface area contributed by atoms with Gasteiger partial charge in [0.1, 0.15) is 0 Å². The summed E-state index contributed by atoms with van der Waals surface area (Å²) in [7, 11) is 0. The first kappa shape index (κ1) is 7.36. The molecule has 1 aliphatic heterocycles. The molecule has 0 bridgehead atoms. The van der Waals surface area contributed by atoms with Crippen LogP contribution in [-0.2, 0) is 0 Å². The van der Waals surface area contributed by atoms with Gasteiger partial charge in [-0.3, -0.25) is 0 Å². The van der Waals surface area contributed by atoms with Crippen LogP contribution in [0.5, 0.6) is 0 Å². The predicted octanol–water partition coefficient (Wildman–Crippen LogP) is 1.61. The van der Waals surface area contributed by atoms with Gasteiger partial charge < -0.3 is 5.32 Å². The van der Waals surface area contributed by atoms with Crippen LogP contribution in [0.3, 0.4) is 0 Å². The standard InChI is InChI=1S/C7H14ClN/c1-6(5-8)7-3-2-4-9-7/h6-7,9H,2-5H2,1H3. The zero-order chi connectivity index (χ0) is 6.69. The highest BCUT2D eigenvalue weighted by atomic mass is 35.5. The fourth-order valence-electron chi connectivity index (χ4n) is 1.30. The quantitative estimate of drug-likeness (QED) is 0.586. The lowest BCUT2D eigenvalue weighted by atomic mass is 10.0. The highest BCUT2D eigenvalue weighted by Gasteiger charge is 2.19. The summed E-state index contributed by atoms with van der Waals surface area (Å²) in [5.41, 5.74) is 0. The van der Waals surface area contributed by atoms with Gasteiger partial charge in [0.25, 0.3) is 0 Å². The second-order valence-electron chi connectivity index (χ2n) is 2.83. The number of nitrogens with one attached hydrogen (secondary N) is 1. The van der Waals surface area contributed by atoms with E-state index in [2.05, 4.69) is 12.2 Å². The molecule has 9 heavy (non-hydrogen) atoms. The molecule has 54 valence electrons. The van der Waals surface area contributed by atoms with Crippen molar-refractivity contribution in [3.63, 3.8) is 0 Å². The first-order valence-electron chi connectivity index (χ1n) is 3.64. The summed E-state index contributed by atoms with van der Waals surface area (Å²) < 4.78 is 0. The summed E-state index contributed by atoms with van der Waals surface area (Å²) in [5, 5.41) is 3.42. The molecule has 1 aliphatic rings. The van der Waals surface area contributed by atoms with Crippen molar-refractivity contribution in [2.45, 2.75) is 25.8 Å². The number of halogens is 1. The molecule has 0 aliphatic carbocycles. The van der Waals surface area contributed by atoms with Gasteiger partial charge in [-0.2, -0.15) is 0 Å². The monoisotopic (exact) mass is 147 g/mol. The highest BCUT2D eigenvalue weighted by molar-refractivity contribution is 6.18. The lowest BCUT2D eigenvalue weighted by Crippen LogP contribution is -2.29. The molecule has 0 saturated carbocycles. The molecule has 2 unspecified atom stereocenters. The summed E-state index contributed by atoms with van der Waals surface area (Å²) in [6, 6.07) is 0.697. The lowest BCUT2D eigenvalue weighted by molar-refractivity contribution is 0.457. The van der Waals surface area contributed by atoms with Crippen molar-refractivity contribution >= 4 is 11.6 Å². The molecule has 0 amide bonds. The zero-order valence-corrected chi connectivity index (χ0v) is 6.62. The average molecular weight is 148 g/mol. The van der Waals surface area contributed by atoms with Crippen LogP contribution in [0.25, 0.3) is 0 Å². The predicted molar refractivity (Wildman–Crippen MR) is 40.9 cm³/mol. The van der Waals surface area contributed by atoms with E-state index >= 15 is 0 Å². The Labute approximate surface area is 61.8 Å². The fourth-order valence-corrected chi connectivity index (χ4v) is 1.52. The molecule has 1 nitrogen and oxygen atoms in total. The van der Waals surface area contributed by atoms with E-state index in [4.69, 9.17) is 11.6 Å². The summed E-state index contributed by atoms with van der Waals surface area (Å²) in [4.78, 5) is 0. The van der Waals surface area contributed by atoms with Crippen LogP contribution in [0.2, 0.25) is 0 Å². The van der Waals surface area contributed by atoms with Crippen molar-refractivity contribution in [3.8, 4) is 0 Å². The number of rotatable bonds is 2. The van der Waals surface area contributed by atoms with E-state index in [1.54, 1.807) is 0 Å². The molecular formula is C7H14ClN. The second-order valence-corrected chi connectivity index (χ2v) is 3.14. The van der Waals surface area contributed by atoms with Gasteiger partial charge in [0.05, 0.1) is 0 Å². The van der Waals surface area contributed by atoms with Gasteiger partial charge in [0.2, 0.25) is 0 Å². The Morgan fingerprint density at radius 1 is 1.78 bits per heavy atom. The molecule has 2 heteroatoms. The molecule has 1 fully saturated rings. The summed E-state index contributed by atoms with van der Waals surface area (Å²) in [6.07, 6.45) is 2.64. The molecule has 0 aromatic carbocycles. The van der Waals surface area contributed by atoms with Crippen molar-refractivity contribution in [3.05, 3.63) is 0 Å². The third-order valence-electron chi connectivity index (χ3n) is 2.03. The maximum Gasteiger partial charge on any atom is 0.0263 e. The van der Waals surface area contributed by atoms with Gasteiger partial charge in [-0.05, 0) is 25.3 Å². The van der Waals surface area contributed by atoms with E-state index in [9.17, 15) is 0 Å². The van der Waals surface area contributed by atoms with Crippen LogP contribution in [0.1, 0.15) is 19.8 Å². The number of alkyl halides is 1. The molecule has 1 N–H and O–H groups in total. The van der Waals surface area contributed by atoms with Crippen LogP contribution in [0.15, 0.2) is 0 Å². The SMILES string of the molecule is CC(CCl)C1CCCN1. The van der Waals surface area contributed by atoms with E-state index in [1.807, 2.05) is 0 Å². The molecule has 2 atom stereocenters. The Hall–Kier alpha value is 0.250. The fraction of sp³-hybridized carbons (Fsp3) is 1.00. The smallest absolute Gasteiger partial charge is 0.0263 e. The minimum atomic E-state index is 0.647. The van der Waals surface area contributed by atoms with Gasteiger partial charge in [-0.25, -0.2) is 0 Å². The largest absolute Gasteiger partial charge is 0.314 e. The molecule has 0 spiro atoms. The molecule has 1 heterocycles. The molecule has 1 rings (SSSR count). The van der Waals surface area contributed by atoms with Crippen LogP contribution >= 0.6 is 11.6 Å². The van der Waals surface area contributed by atoms with E-state index in [-0.39, 0.29) is 0 Å². The number of hydrogen-bond acceptors (Lipinski definition) is 1. The third-order valence-corrected chi connectivity index (χ3v) is 2.52. The zero-order valence-electron chi connectivity index (χ0n) is 5.86. The van der Waals surface area contributed by atoms with Crippen LogP contribution in [-0.4, -0.2) is 18.5 Å². The number of hydrogen-bond donors (Lipinski definition) is 1. The summed E-state index contributed by atoms with van der Waals surface area (Å²) in [6.45, 7) is 3.39. The van der Waals surface area contributed by atoms with Crippen molar-refractivity contribution in [1.29, 1.82) is 0 Å². The normalized spacial score (nSPS) is 30.7. The second kappa shape index (κ2) is 3.43. The maximum absolute atomic E-state index is 5.69. The topological polar surface area (TPSA) is 12.0 Å². The van der Waals surface area contributed by atoms with E-state index in [0.29, 0.717) is 12.0 Å². The average Bonchev–Trinajstić information content (AvgIpc) is 2.37. The van der Waals surface area contributed by atoms with Crippen molar-refractivity contribution in [2.75, 3.05) is 12.4 Å². The van der Waals surface area contributed by atoms with Crippen LogP contribution in [0.4, 0.5) is 0 Å². The van der Waals surface area contributed by atoms with E-state index in [1.165, 1.54) is 19.4 Å². The Bertz CT molecular complexity index is 79.0. The Morgan fingerprint density at radius 2 is 2.56 bits per heavy atom. The van der Waals surface area contributed by atoms with Gasteiger partial charge in [0, 0.05) is 11.9 Å². The van der Waals surface area contributed by atoms with Crippen molar-refractivity contribution in [1.82, 2.24) is 5.32 Å². The van der Waals surface area contributed by atoms with Crippen molar-refractivity contribution in [2.24, 2.45) is 5.92 Å². The molecule has 0 aromatic heterocycles. The highest BCUT2D eigenvalue weighted by Crippen LogP contribution is 2.14. The van der Waals surface area contributed by atoms with Crippen molar-refractivity contribution < 1.29 is 0 Å². The maximum atomic E-state index is 5.69. The molecule has 0 aromatic rings. The Morgan fingerprint density at radius 3 is 3.00 bits per heavy atom. The van der Waals surface area contributed by atoms with E-state index < -0.39 is 0 Å². The molecular weight excluding hydrogens is 134 g/mol. The Kier molecular flexibility index (Phi) is 2.80. The van der Waals surface area contributed by atoms with Gasteiger partial charge >= 0.3 is 0 Å². The summed E-state index contributed by atoms with van der Waals surface area (Å²) >= 11 is 5.69.